The van der Waals surface area contributed by atoms with Crippen LogP contribution in [-0.2, 0) is 6.42 Å². The van der Waals surface area contributed by atoms with Crippen molar-refractivity contribution in [3.8, 4) is 11.1 Å². The molecule has 6 rings (SSSR count). The van der Waals surface area contributed by atoms with Crippen LogP contribution in [0.4, 0.5) is 17.1 Å². The molecule has 2 fully saturated rings. The second kappa shape index (κ2) is 10.1. The van der Waals surface area contributed by atoms with Gasteiger partial charge in [0.05, 0.1) is 40.5 Å². The number of aliphatic hydroxyl groups is 2. The van der Waals surface area contributed by atoms with Crippen LogP contribution in [0.15, 0.2) is 35.6 Å². The first-order chi connectivity index (χ1) is 18.0. The summed E-state index contributed by atoms with van der Waals surface area (Å²) < 4.78 is 0. The number of aromatic amines is 1. The van der Waals surface area contributed by atoms with E-state index < -0.39 is 6.10 Å². The van der Waals surface area contributed by atoms with Crippen molar-refractivity contribution < 1.29 is 10.2 Å². The second-order valence-corrected chi connectivity index (χ2v) is 11.5. The van der Waals surface area contributed by atoms with Gasteiger partial charge in [-0.25, -0.2) is 4.98 Å². The number of nitrogens with two attached hydrogens (primary N) is 1. The molecule has 1 aliphatic carbocycles. The van der Waals surface area contributed by atoms with E-state index in [-0.39, 0.29) is 12.5 Å². The molecular weight excluding hydrogens is 462 g/mol. The highest BCUT2D eigenvalue weighted by atomic mass is 16.3. The van der Waals surface area contributed by atoms with E-state index in [1.54, 1.807) is 6.33 Å². The number of hydrogen-bond donors (Lipinski definition) is 4. The Kier molecular flexibility index (Phi) is 6.67. The maximum atomic E-state index is 10.5. The zero-order valence-electron chi connectivity index (χ0n) is 21.7. The van der Waals surface area contributed by atoms with Gasteiger partial charge in [-0.15, -0.1) is 0 Å². The minimum Gasteiger partial charge on any atom is -0.396 e. The first-order valence-electron chi connectivity index (χ1n) is 14.0. The van der Waals surface area contributed by atoms with Crippen LogP contribution >= 0.6 is 0 Å². The minimum absolute atomic E-state index is 0.00522. The Bertz CT molecular complexity index is 1290. The number of nitrogens with zero attached hydrogens (tertiary/aromatic N) is 3. The molecule has 3 aliphatic rings. The van der Waals surface area contributed by atoms with Gasteiger partial charge in [-0.2, -0.15) is 0 Å². The number of rotatable bonds is 5. The van der Waals surface area contributed by atoms with Gasteiger partial charge in [0.2, 0.25) is 0 Å². The standard InChI is InChI=1S/C30H39N5O2/c1-18(19-5-3-2-4-6-19)23-11-21-8-7-20(12-25(21)32-14-23)24-13-26(28(31)30-29(24)33-17-34-30)35-10-9-22(16-36)27(37)15-35/h7-8,12-14,17-19,22-23,27,36-37H,2-6,9-11,15-16,31H2,1H3,(H,33,34). The van der Waals surface area contributed by atoms with Crippen LogP contribution in [0.3, 0.4) is 0 Å². The molecule has 3 aromatic rings. The molecular formula is C30H39N5O2. The van der Waals surface area contributed by atoms with E-state index in [0.717, 1.165) is 58.8 Å². The maximum absolute atomic E-state index is 10.5. The summed E-state index contributed by atoms with van der Waals surface area (Å²) in [6.07, 6.45) is 12.0. The fourth-order valence-corrected chi connectivity index (χ4v) is 6.85. The van der Waals surface area contributed by atoms with Gasteiger partial charge in [-0.05, 0) is 47.9 Å². The number of β-amino-alcohol motifs (C(OH)–C–C–N with tert-alkyl or cyclic N) is 1. The van der Waals surface area contributed by atoms with E-state index in [4.69, 9.17) is 10.7 Å². The molecule has 0 radical (unpaired) electrons. The molecule has 3 heterocycles. The Labute approximate surface area is 218 Å². The van der Waals surface area contributed by atoms with Crippen LogP contribution in [0.1, 0.15) is 51.0 Å². The molecule has 2 aromatic carbocycles. The van der Waals surface area contributed by atoms with Gasteiger partial charge in [0.15, 0.2) is 0 Å². The maximum Gasteiger partial charge on any atom is 0.0983 e. The average molecular weight is 502 g/mol. The Morgan fingerprint density at radius 3 is 2.78 bits per heavy atom. The van der Waals surface area contributed by atoms with Crippen LogP contribution in [-0.4, -0.2) is 52.2 Å². The van der Waals surface area contributed by atoms with Crippen LogP contribution in [0.5, 0.6) is 0 Å². The number of fused-ring (bicyclic) bond motifs is 2. The third kappa shape index (κ3) is 4.53. The summed E-state index contributed by atoms with van der Waals surface area (Å²) in [6, 6.07) is 8.72. The molecule has 1 saturated carbocycles. The second-order valence-electron chi connectivity index (χ2n) is 11.5. The summed E-state index contributed by atoms with van der Waals surface area (Å²) in [4.78, 5) is 14.9. The van der Waals surface area contributed by atoms with Crippen LogP contribution in [0.25, 0.3) is 22.2 Å². The SMILES string of the molecule is CC(C1C=Nc2cc(-c3cc(N4CCC(CO)C(O)C4)c(N)c4[nH]cnc34)ccc2C1)C1CCCCC1. The van der Waals surface area contributed by atoms with Crippen molar-refractivity contribution in [3.63, 3.8) is 0 Å². The third-order valence-corrected chi connectivity index (χ3v) is 9.34. The number of aromatic nitrogens is 2. The van der Waals surface area contributed by atoms with Crippen molar-refractivity contribution in [3.05, 3.63) is 36.2 Å². The quantitative estimate of drug-likeness (QED) is 0.364. The van der Waals surface area contributed by atoms with Gasteiger partial charge in [0.25, 0.3) is 0 Å². The Morgan fingerprint density at radius 2 is 2.00 bits per heavy atom. The number of nitrogens with one attached hydrogen (secondary N) is 1. The topological polar surface area (TPSA) is 111 Å². The number of aliphatic hydroxyl groups excluding tert-OH is 2. The fourth-order valence-electron chi connectivity index (χ4n) is 6.85. The summed E-state index contributed by atoms with van der Waals surface area (Å²) in [5, 5.41) is 20.1. The summed E-state index contributed by atoms with van der Waals surface area (Å²) >= 11 is 0. The number of H-pyrrole nitrogens is 1. The lowest BCUT2D eigenvalue weighted by Crippen LogP contribution is -2.45. The molecule has 5 N–H and O–H groups in total. The van der Waals surface area contributed by atoms with Crippen molar-refractivity contribution in [2.24, 2.45) is 28.7 Å². The molecule has 7 nitrogen and oxygen atoms in total. The minimum atomic E-state index is -0.582. The largest absolute Gasteiger partial charge is 0.396 e. The predicted octanol–water partition coefficient (Wildman–Crippen LogP) is 5.08. The van der Waals surface area contributed by atoms with Crippen molar-refractivity contribution in [1.82, 2.24) is 9.97 Å². The third-order valence-electron chi connectivity index (χ3n) is 9.34. The highest BCUT2D eigenvalue weighted by Crippen LogP contribution is 2.42. The van der Waals surface area contributed by atoms with Gasteiger partial charge < -0.3 is 25.8 Å². The normalized spacial score (nSPS) is 25.4. The van der Waals surface area contributed by atoms with Crippen LogP contribution in [0.2, 0.25) is 0 Å². The van der Waals surface area contributed by atoms with Crippen molar-refractivity contribution in [2.75, 3.05) is 30.3 Å². The Morgan fingerprint density at radius 1 is 1.16 bits per heavy atom. The smallest absolute Gasteiger partial charge is 0.0983 e. The monoisotopic (exact) mass is 501 g/mol. The fraction of sp³-hybridized carbons (Fsp3) is 0.533. The molecule has 4 unspecified atom stereocenters. The van der Waals surface area contributed by atoms with E-state index in [1.165, 1.54) is 37.7 Å². The van der Waals surface area contributed by atoms with Gasteiger partial charge in [0, 0.05) is 43.3 Å². The zero-order chi connectivity index (χ0) is 25.5. The van der Waals surface area contributed by atoms with E-state index in [1.807, 2.05) is 0 Å². The molecule has 196 valence electrons. The van der Waals surface area contributed by atoms with Crippen molar-refractivity contribution in [1.29, 1.82) is 0 Å². The first kappa shape index (κ1) is 24.4. The molecule has 4 atom stereocenters. The zero-order valence-corrected chi connectivity index (χ0v) is 21.7. The summed E-state index contributed by atoms with van der Waals surface area (Å²) in [6.45, 7) is 3.62. The van der Waals surface area contributed by atoms with E-state index >= 15 is 0 Å². The first-order valence-corrected chi connectivity index (χ1v) is 14.0. The summed E-state index contributed by atoms with van der Waals surface area (Å²) in [5.41, 5.74) is 14.2. The number of imidazole rings is 1. The lowest BCUT2D eigenvalue weighted by molar-refractivity contribution is 0.0548. The Balaban J connectivity index is 1.30. The highest BCUT2D eigenvalue weighted by molar-refractivity contribution is 6.04. The lowest BCUT2D eigenvalue weighted by Gasteiger charge is -2.37. The number of aliphatic imine (C=N–C) groups is 1. The van der Waals surface area contributed by atoms with Gasteiger partial charge >= 0.3 is 0 Å². The molecule has 0 spiro atoms. The molecule has 1 aromatic heterocycles. The van der Waals surface area contributed by atoms with Gasteiger partial charge in [-0.1, -0.05) is 51.2 Å². The van der Waals surface area contributed by atoms with Gasteiger partial charge in [0.1, 0.15) is 0 Å². The van der Waals surface area contributed by atoms with Crippen LogP contribution in [0, 0.1) is 23.7 Å². The molecule has 2 aliphatic heterocycles. The molecule has 7 heteroatoms. The van der Waals surface area contributed by atoms with E-state index in [2.05, 4.69) is 52.3 Å². The number of anilines is 2. The van der Waals surface area contributed by atoms with Crippen molar-refractivity contribution >= 4 is 34.3 Å². The summed E-state index contributed by atoms with van der Waals surface area (Å²) in [7, 11) is 0. The predicted molar refractivity (Wildman–Crippen MR) is 150 cm³/mol. The van der Waals surface area contributed by atoms with E-state index in [0.29, 0.717) is 24.1 Å². The molecule has 37 heavy (non-hydrogen) atoms. The molecule has 1 saturated heterocycles. The highest BCUT2D eigenvalue weighted by Gasteiger charge is 2.30. The Hall–Kier alpha value is -2.90. The number of hydrogen-bond acceptors (Lipinski definition) is 6. The number of piperidine rings is 1. The van der Waals surface area contributed by atoms with Crippen molar-refractivity contribution in [2.45, 2.75) is 58.0 Å². The number of benzene rings is 2. The van der Waals surface area contributed by atoms with Gasteiger partial charge in [-0.3, -0.25) is 4.99 Å². The van der Waals surface area contributed by atoms with E-state index in [9.17, 15) is 10.2 Å². The number of nitrogen functional groups attached to an aromatic ring is 1. The molecule has 0 bridgehead atoms. The summed E-state index contributed by atoms with van der Waals surface area (Å²) in [5.74, 6) is 1.92. The lowest BCUT2D eigenvalue weighted by atomic mass is 9.73. The molecule has 0 amide bonds. The van der Waals surface area contributed by atoms with Crippen LogP contribution < -0.4 is 10.6 Å². The average Bonchev–Trinajstić information content (AvgIpc) is 3.43.